The van der Waals surface area contributed by atoms with Crippen molar-refractivity contribution < 1.29 is 0 Å². The number of rotatable bonds is 5. The molecule has 3 heteroatoms. The Bertz CT molecular complexity index is 307. The van der Waals surface area contributed by atoms with E-state index in [0.29, 0.717) is 22.7 Å². The molecule has 0 saturated carbocycles. The van der Waals surface area contributed by atoms with Crippen molar-refractivity contribution in [2.24, 2.45) is 11.8 Å². The van der Waals surface area contributed by atoms with Crippen LogP contribution in [-0.4, -0.2) is 14.6 Å². The standard InChI is InChI=1S/C13H23BrN2/c1-9(2)13(11(5)14)8-12-6-7-16(15-12)10(3)4/h6-7,9-11,13H,8H2,1-5H3. The summed E-state index contributed by atoms with van der Waals surface area (Å²) in [6.07, 6.45) is 3.14. The van der Waals surface area contributed by atoms with Crippen molar-refractivity contribution in [2.75, 3.05) is 0 Å². The molecule has 2 atom stereocenters. The number of alkyl halides is 1. The van der Waals surface area contributed by atoms with E-state index < -0.39 is 0 Å². The zero-order valence-electron chi connectivity index (χ0n) is 10.9. The summed E-state index contributed by atoms with van der Waals surface area (Å²) in [5.41, 5.74) is 1.21. The average Bonchev–Trinajstić information content (AvgIpc) is 2.61. The lowest BCUT2D eigenvalue weighted by Gasteiger charge is -2.22. The fraction of sp³-hybridized carbons (Fsp3) is 0.769. The summed E-state index contributed by atoms with van der Waals surface area (Å²) in [7, 11) is 0. The van der Waals surface area contributed by atoms with Crippen molar-refractivity contribution in [2.45, 2.75) is 51.9 Å². The van der Waals surface area contributed by atoms with E-state index in [1.165, 1.54) is 5.69 Å². The van der Waals surface area contributed by atoms with Gasteiger partial charge in [-0.25, -0.2) is 0 Å². The molecular formula is C13H23BrN2. The Morgan fingerprint density at radius 1 is 1.25 bits per heavy atom. The van der Waals surface area contributed by atoms with Crippen LogP contribution in [0.15, 0.2) is 12.3 Å². The minimum absolute atomic E-state index is 0.452. The lowest BCUT2D eigenvalue weighted by Crippen LogP contribution is -2.20. The van der Waals surface area contributed by atoms with Gasteiger partial charge < -0.3 is 0 Å². The molecule has 0 bridgehead atoms. The minimum atomic E-state index is 0.452. The molecule has 2 unspecified atom stereocenters. The van der Waals surface area contributed by atoms with Gasteiger partial charge in [0.05, 0.1) is 5.69 Å². The second kappa shape index (κ2) is 5.85. The number of halogens is 1. The topological polar surface area (TPSA) is 17.8 Å². The number of hydrogen-bond acceptors (Lipinski definition) is 1. The predicted molar refractivity (Wildman–Crippen MR) is 73.0 cm³/mol. The Labute approximate surface area is 108 Å². The second-order valence-corrected chi connectivity index (χ2v) is 6.61. The molecule has 1 aromatic rings. The minimum Gasteiger partial charge on any atom is -0.270 e. The fourth-order valence-electron chi connectivity index (χ4n) is 1.94. The van der Waals surface area contributed by atoms with Gasteiger partial charge in [0, 0.05) is 17.1 Å². The quantitative estimate of drug-likeness (QED) is 0.747. The maximum atomic E-state index is 4.61. The predicted octanol–water partition coefficient (Wildman–Crippen LogP) is 4.06. The third-order valence-electron chi connectivity index (χ3n) is 3.08. The highest BCUT2D eigenvalue weighted by Gasteiger charge is 2.20. The van der Waals surface area contributed by atoms with Crippen LogP contribution >= 0.6 is 15.9 Å². The van der Waals surface area contributed by atoms with Crippen LogP contribution in [0.25, 0.3) is 0 Å². The lowest BCUT2D eigenvalue weighted by molar-refractivity contribution is 0.377. The van der Waals surface area contributed by atoms with Crippen molar-refractivity contribution >= 4 is 15.9 Å². The Kier molecular flexibility index (Phi) is 5.03. The van der Waals surface area contributed by atoms with E-state index in [1.54, 1.807) is 0 Å². The van der Waals surface area contributed by atoms with Gasteiger partial charge >= 0.3 is 0 Å². The monoisotopic (exact) mass is 286 g/mol. The molecule has 0 radical (unpaired) electrons. The molecule has 0 N–H and O–H groups in total. The molecule has 0 aliphatic carbocycles. The molecule has 0 saturated heterocycles. The van der Waals surface area contributed by atoms with E-state index in [-0.39, 0.29) is 0 Å². The Morgan fingerprint density at radius 3 is 2.25 bits per heavy atom. The summed E-state index contributed by atoms with van der Waals surface area (Å²) in [6.45, 7) is 11.1. The Balaban J connectivity index is 2.70. The number of aromatic nitrogens is 2. The molecule has 0 aliphatic rings. The van der Waals surface area contributed by atoms with Gasteiger partial charge in [0.15, 0.2) is 0 Å². The van der Waals surface area contributed by atoms with Crippen LogP contribution < -0.4 is 0 Å². The van der Waals surface area contributed by atoms with E-state index in [9.17, 15) is 0 Å². The summed E-state index contributed by atoms with van der Waals surface area (Å²) >= 11 is 3.70. The van der Waals surface area contributed by atoms with E-state index in [4.69, 9.17) is 0 Å². The molecule has 0 amide bonds. The first-order valence-corrected chi connectivity index (χ1v) is 7.01. The summed E-state index contributed by atoms with van der Waals surface area (Å²) in [4.78, 5) is 0.539. The molecule has 1 aromatic heterocycles. The first-order chi connectivity index (χ1) is 7.41. The van der Waals surface area contributed by atoms with Gasteiger partial charge in [-0.15, -0.1) is 0 Å². The van der Waals surface area contributed by atoms with Crippen molar-refractivity contribution in [3.8, 4) is 0 Å². The summed E-state index contributed by atoms with van der Waals surface area (Å²) in [5, 5.41) is 4.61. The van der Waals surface area contributed by atoms with Gasteiger partial charge in [-0.05, 0) is 38.2 Å². The highest BCUT2D eigenvalue weighted by molar-refractivity contribution is 9.09. The van der Waals surface area contributed by atoms with E-state index in [1.807, 2.05) is 4.68 Å². The van der Waals surface area contributed by atoms with Crippen molar-refractivity contribution in [1.29, 1.82) is 0 Å². The normalized spacial score (nSPS) is 15.8. The average molecular weight is 287 g/mol. The molecule has 1 heterocycles. The van der Waals surface area contributed by atoms with Crippen LogP contribution in [-0.2, 0) is 6.42 Å². The zero-order valence-corrected chi connectivity index (χ0v) is 12.5. The van der Waals surface area contributed by atoms with Gasteiger partial charge in [-0.3, -0.25) is 4.68 Å². The third kappa shape index (κ3) is 3.62. The van der Waals surface area contributed by atoms with Gasteiger partial charge in [-0.2, -0.15) is 5.10 Å². The van der Waals surface area contributed by atoms with Crippen molar-refractivity contribution in [3.63, 3.8) is 0 Å². The SMILES string of the molecule is CC(C)C(Cc1ccn(C(C)C)n1)C(C)Br. The third-order valence-corrected chi connectivity index (χ3v) is 3.76. The maximum Gasteiger partial charge on any atom is 0.0628 e. The molecule has 0 aliphatic heterocycles. The summed E-state index contributed by atoms with van der Waals surface area (Å²) < 4.78 is 2.03. The van der Waals surface area contributed by atoms with Crippen LogP contribution in [0.1, 0.15) is 46.4 Å². The largest absolute Gasteiger partial charge is 0.270 e. The van der Waals surface area contributed by atoms with Crippen molar-refractivity contribution in [1.82, 2.24) is 9.78 Å². The van der Waals surface area contributed by atoms with Crippen LogP contribution in [0.5, 0.6) is 0 Å². The molecule has 1 rings (SSSR count). The molecule has 0 spiro atoms. The molecule has 92 valence electrons. The molecule has 0 aromatic carbocycles. The molecule has 0 fully saturated rings. The fourth-order valence-corrected chi connectivity index (χ4v) is 2.74. The molecule has 2 nitrogen and oxygen atoms in total. The Hall–Kier alpha value is -0.310. The van der Waals surface area contributed by atoms with E-state index >= 15 is 0 Å². The van der Waals surface area contributed by atoms with Gasteiger partial charge in [0.25, 0.3) is 0 Å². The molecule has 16 heavy (non-hydrogen) atoms. The van der Waals surface area contributed by atoms with E-state index in [0.717, 1.165) is 6.42 Å². The molecular weight excluding hydrogens is 264 g/mol. The van der Waals surface area contributed by atoms with Crippen LogP contribution in [0.3, 0.4) is 0 Å². The summed E-state index contributed by atoms with van der Waals surface area (Å²) in [6, 6.07) is 2.60. The highest BCUT2D eigenvalue weighted by Crippen LogP contribution is 2.25. The van der Waals surface area contributed by atoms with Crippen molar-refractivity contribution in [3.05, 3.63) is 18.0 Å². The first-order valence-electron chi connectivity index (χ1n) is 6.10. The number of nitrogens with zero attached hydrogens (tertiary/aromatic N) is 2. The number of hydrogen-bond donors (Lipinski definition) is 0. The van der Waals surface area contributed by atoms with Crippen LogP contribution in [0.2, 0.25) is 0 Å². The highest BCUT2D eigenvalue weighted by atomic mass is 79.9. The smallest absolute Gasteiger partial charge is 0.0628 e. The lowest BCUT2D eigenvalue weighted by atomic mass is 9.89. The second-order valence-electron chi connectivity index (χ2n) is 5.17. The van der Waals surface area contributed by atoms with Gasteiger partial charge in [0.1, 0.15) is 0 Å². The summed E-state index contributed by atoms with van der Waals surface area (Å²) in [5.74, 6) is 1.33. The Morgan fingerprint density at radius 2 is 1.88 bits per heavy atom. The first kappa shape index (κ1) is 13.8. The maximum absolute atomic E-state index is 4.61. The van der Waals surface area contributed by atoms with Gasteiger partial charge in [0.2, 0.25) is 0 Å². The van der Waals surface area contributed by atoms with Gasteiger partial charge in [-0.1, -0.05) is 36.7 Å². The zero-order chi connectivity index (χ0) is 12.3. The van der Waals surface area contributed by atoms with Crippen LogP contribution in [0.4, 0.5) is 0 Å². The van der Waals surface area contributed by atoms with Crippen LogP contribution in [0, 0.1) is 11.8 Å². The van der Waals surface area contributed by atoms with E-state index in [2.05, 4.69) is 67.9 Å².